The molecule has 1 heterocycles. The van der Waals surface area contributed by atoms with Gasteiger partial charge in [0.2, 0.25) is 0 Å². The van der Waals surface area contributed by atoms with Crippen LogP contribution in [0.2, 0.25) is 0 Å². The number of carbonyl (C=O) groups is 2. The van der Waals surface area contributed by atoms with Gasteiger partial charge in [-0.1, -0.05) is 0 Å². The van der Waals surface area contributed by atoms with Crippen LogP contribution in [0, 0.1) is 0 Å². The first-order valence-corrected chi connectivity index (χ1v) is 4.36. The lowest BCUT2D eigenvalue weighted by Crippen LogP contribution is -2.55. The second kappa shape index (κ2) is 3.73. The van der Waals surface area contributed by atoms with Crippen molar-refractivity contribution in [3.63, 3.8) is 0 Å². The molecular formula is C8H16N4O2. The highest BCUT2D eigenvalue weighted by atomic mass is 16.2. The van der Waals surface area contributed by atoms with Gasteiger partial charge in [0.05, 0.1) is 13.3 Å². The molecule has 4 amide bonds. The van der Waals surface area contributed by atoms with E-state index in [1.54, 1.807) is 28.2 Å². The van der Waals surface area contributed by atoms with Crippen LogP contribution in [-0.2, 0) is 0 Å². The Morgan fingerprint density at radius 3 is 1.14 bits per heavy atom. The third kappa shape index (κ3) is 1.89. The van der Waals surface area contributed by atoms with Crippen LogP contribution in [-0.4, -0.2) is 73.2 Å². The van der Waals surface area contributed by atoms with E-state index in [4.69, 9.17) is 0 Å². The molecule has 0 unspecified atom stereocenters. The van der Waals surface area contributed by atoms with Crippen molar-refractivity contribution < 1.29 is 9.59 Å². The Kier molecular flexibility index (Phi) is 2.83. The molecule has 0 radical (unpaired) electrons. The number of urea groups is 2. The van der Waals surface area contributed by atoms with E-state index in [1.165, 1.54) is 19.6 Å². The summed E-state index contributed by atoms with van der Waals surface area (Å²) in [6.07, 6.45) is 0. The number of hydrogen-bond donors (Lipinski definition) is 0. The van der Waals surface area contributed by atoms with Crippen LogP contribution >= 0.6 is 0 Å². The van der Waals surface area contributed by atoms with E-state index in [9.17, 15) is 9.59 Å². The summed E-state index contributed by atoms with van der Waals surface area (Å²) in [7, 11) is 6.70. The zero-order chi connectivity index (χ0) is 10.9. The lowest BCUT2D eigenvalue weighted by molar-refractivity contribution is 0.0936. The average Bonchev–Trinajstić information content (AvgIpc) is 2.13. The van der Waals surface area contributed by atoms with Gasteiger partial charge >= 0.3 is 12.1 Å². The highest BCUT2D eigenvalue weighted by Crippen LogP contribution is 2.04. The third-order valence-electron chi connectivity index (χ3n) is 2.15. The van der Waals surface area contributed by atoms with Gasteiger partial charge in [-0.3, -0.25) is 0 Å². The summed E-state index contributed by atoms with van der Waals surface area (Å²) >= 11 is 0. The van der Waals surface area contributed by atoms with Crippen molar-refractivity contribution in [3.8, 4) is 0 Å². The molecule has 14 heavy (non-hydrogen) atoms. The summed E-state index contributed by atoms with van der Waals surface area (Å²) < 4.78 is 0. The molecule has 0 spiro atoms. The van der Waals surface area contributed by atoms with Gasteiger partial charge in [-0.25, -0.2) is 9.59 Å². The van der Waals surface area contributed by atoms with Crippen molar-refractivity contribution in [1.29, 1.82) is 0 Å². The van der Waals surface area contributed by atoms with Crippen LogP contribution < -0.4 is 0 Å². The van der Waals surface area contributed by atoms with Crippen LogP contribution in [0.1, 0.15) is 0 Å². The molecule has 6 nitrogen and oxygen atoms in total. The lowest BCUT2D eigenvalue weighted by Gasteiger charge is -2.36. The SMILES string of the molecule is CN1CN(C)C(=O)N(C)CN(C)C1=O. The fourth-order valence-electron chi connectivity index (χ4n) is 1.46. The van der Waals surface area contributed by atoms with Gasteiger partial charge in [0, 0.05) is 28.2 Å². The standard InChI is InChI=1S/C8H16N4O2/c1-9-5-10(2)8(14)12(4)6-11(3)7(9)13/h5-6H2,1-4H3. The van der Waals surface area contributed by atoms with Gasteiger partial charge in [-0.15, -0.1) is 0 Å². The van der Waals surface area contributed by atoms with Gasteiger partial charge in [0.1, 0.15) is 0 Å². The largest absolute Gasteiger partial charge is 0.322 e. The molecule has 0 N–H and O–H groups in total. The van der Waals surface area contributed by atoms with Gasteiger partial charge in [0.25, 0.3) is 0 Å². The van der Waals surface area contributed by atoms with Crippen LogP contribution in [0.4, 0.5) is 9.59 Å². The Hall–Kier alpha value is -1.46. The summed E-state index contributed by atoms with van der Waals surface area (Å²) in [6.45, 7) is 0.624. The molecule has 1 aliphatic heterocycles. The zero-order valence-corrected chi connectivity index (χ0v) is 9.02. The Bertz CT molecular complexity index is 210. The molecule has 0 atom stereocenters. The Morgan fingerprint density at radius 2 is 0.929 bits per heavy atom. The fourth-order valence-corrected chi connectivity index (χ4v) is 1.46. The summed E-state index contributed by atoms with van der Waals surface area (Å²) in [5.41, 5.74) is 0. The zero-order valence-electron chi connectivity index (χ0n) is 9.02. The number of rotatable bonds is 0. The monoisotopic (exact) mass is 200 g/mol. The summed E-state index contributed by atoms with van der Waals surface area (Å²) in [5.74, 6) is 0. The van der Waals surface area contributed by atoms with Crippen molar-refractivity contribution >= 4 is 12.1 Å². The highest BCUT2D eigenvalue weighted by molar-refractivity contribution is 5.78. The molecule has 0 aromatic rings. The van der Waals surface area contributed by atoms with Crippen molar-refractivity contribution in [3.05, 3.63) is 0 Å². The second-order valence-electron chi connectivity index (χ2n) is 3.64. The Labute approximate surface area is 83.7 Å². The quantitative estimate of drug-likeness (QED) is 0.547. The predicted molar refractivity (Wildman–Crippen MR) is 51.6 cm³/mol. The molecule has 6 heteroatoms. The molecule has 1 rings (SSSR count). The molecule has 0 aromatic heterocycles. The van der Waals surface area contributed by atoms with Crippen LogP contribution in [0.25, 0.3) is 0 Å². The van der Waals surface area contributed by atoms with Gasteiger partial charge in [0.15, 0.2) is 0 Å². The number of hydrogen-bond acceptors (Lipinski definition) is 2. The van der Waals surface area contributed by atoms with Crippen molar-refractivity contribution in [2.45, 2.75) is 0 Å². The first-order valence-electron chi connectivity index (χ1n) is 4.36. The van der Waals surface area contributed by atoms with E-state index in [0.717, 1.165) is 0 Å². The minimum Gasteiger partial charge on any atom is -0.310 e. The minimum absolute atomic E-state index is 0.0869. The van der Waals surface area contributed by atoms with Crippen molar-refractivity contribution in [2.24, 2.45) is 0 Å². The summed E-state index contributed by atoms with van der Waals surface area (Å²) in [6, 6.07) is -0.174. The maximum absolute atomic E-state index is 11.6. The van der Waals surface area contributed by atoms with E-state index < -0.39 is 0 Å². The van der Waals surface area contributed by atoms with E-state index in [1.807, 2.05) is 0 Å². The van der Waals surface area contributed by atoms with Crippen LogP contribution in [0.15, 0.2) is 0 Å². The van der Waals surface area contributed by atoms with E-state index in [-0.39, 0.29) is 12.1 Å². The molecule has 1 fully saturated rings. The molecule has 0 bridgehead atoms. The highest BCUT2D eigenvalue weighted by Gasteiger charge is 2.25. The van der Waals surface area contributed by atoms with Gasteiger partial charge < -0.3 is 19.6 Å². The van der Waals surface area contributed by atoms with Crippen molar-refractivity contribution in [1.82, 2.24) is 19.6 Å². The first kappa shape index (κ1) is 10.6. The normalized spacial score (nSPS) is 20.0. The number of nitrogens with zero attached hydrogens (tertiary/aromatic N) is 4. The molecule has 1 aliphatic rings. The second-order valence-corrected chi connectivity index (χ2v) is 3.64. The summed E-state index contributed by atoms with van der Waals surface area (Å²) in [5, 5.41) is 0. The summed E-state index contributed by atoms with van der Waals surface area (Å²) in [4.78, 5) is 29.2. The van der Waals surface area contributed by atoms with E-state index in [0.29, 0.717) is 13.3 Å². The smallest absolute Gasteiger partial charge is 0.310 e. The molecule has 0 saturated carbocycles. The number of amides is 4. The first-order chi connectivity index (χ1) is 6.43. The molecule has 0 aromatic carbocycles. The minimum atomic E-state index is -0.0869. The van der Waals surface area contributed by atoms with Crippen LogP contribution in [0.5, 0.6) is 0 Å². The van der Waals surface area contributed by atoms with Crippen LogP contribution in [0.3, 0.4) is 0 Å². The van der Waals surface area contributed by atoms with Crippen molar-refractivity contribution in [2.75, 3.05) is 41.5 Å². The van der Waals surface area contributed by atoms with Gasteiger partial charge in [-0.2, -0.15) is 0 Å². The molecule has 80 valence electrons. The molecular weight excluding hydrogens is 184 g/mol. The van der Waals surface area contributed by atoms with E-state index in [2.05, 4.69) is 0 Å². The Morgan fingerprint density at radius 1 is 0.714 bits per heavy atom. The van der Waals surface area contributed by atoms with E-state index >= 15 is 0 Å². The number of carbonyl (C=O) groups excluding carboxylic acids is 2. The predicted octanol–water partition coefficient (Wildman–Crippen LogP) is -0.118. The molecule has 1 saturated heterocycles. The topological polar surface area (TPSA) is 47.1 Å². The average molecular weight is 200 g/mol. The fraction of sp³-hybridized carbons (Fsp3) is 0.750. The van der Waals surface area contributed by atoms with Gasteiger partial charge in [-0.05, 0) is 0 Å². The molecule has 0 aliphatic carbocycles. The maximum Gasteiger partial charge on any atom is 0.322 e. The Balaban J connectivity index is 2.81. The third-order valence-corrected chi connectivity index (χ3v) is 2.15. The lowest BCUT2D eigenvalue weighted by atomic mass is 10.5. The maximum atomic E-state index is 11.6.